The van der Waals surface area contributed by atoms with E-state index in [2.05, 4.69) is 10.4 Å². The highest BCUT2D eigenvalue weighted by molar-refractivity contribution is 7.06. The predicted molar refractivity (Wildman–Crippen MR) is 57.4 cm³/mol. The summed E-state index contributed by atoms with van der Waals surface area (Å²) in [6.07, 6.45) is 2.97. The third kappa shape index (κ3) is 1.97. The van der Waals surface area contributed by atoms with Crippen LogP contribution >= 0.6 is 11.5 Å². The number of hydrogen-bond acceptors (Lipinski definition) is 4. The summed E-state index contributed by atoms with van der Waals surface area (Å²) in [4.78, 5) is 1.21. The maximum absolute atomic E-state index is 6.38. The molecule has 4 heteroatoms. The monoisotopic (exact) mass is 212 g/mol. The van der Waals surface area contributed by atoms with Crippen molar-refractivity contribution < 1.29 is 4.74 Å². The number of ether oxygens (including phenoxy) is 1. The maximum Gasteiger partial charge on any atom is 0.0542 e. The lowest BCUT2D eigenvalue weighted by Gasteiger charge is -2.25. The first-order valence-electron chi connectivity index (χ1n) is 5.01. The molecule has 1 atom stereocenters. The van der Waals surface area contributed by atoms with Gasteiger partial charge >= 0.3 is 0 Å². The van der Waals surface area contributed by atoms with Gasteiger partial charge < -0.3 is 10.5 Å². The van der Waals surface area contributed by atoms with E-state index in [1.54, 1.807) is 0 Å². The first kappa shape index (κ1) is 10.1. The summed E-state index contributed by atoms with van der Waals surface area (Å²) in [6.45, 7) is 3.63. The molecule has 1 aliphatic heterocycles. The lowest BCUT2D eigenvalue weighted by Crippen LogP contribution is -2.35. The molecule has 3 nitrogen and oxygen atoms in total. The van der Waals surface area contributed by atoms with E-state index < -0.39 is 0 Å². The van der Waals surface area contributed by atoms with E-state index in [4.69, 9.17) is 10.5 Å². The molecule has 1 unspecified atom stereocenters. The van der Waals surface area contributed by atoms with Crippen LogP contribution in [0.1, 0.15) is 29.8 Å². The lowest BCUT2D eigenvalue weighted by molar-refractivity contribution is 0.140. The van der Waals surface area contributed by atoms with E-state index in [9.17, 15) is 0 Å². The Morgan fingerprint density at radius 2 is 2.36 bits per heavy atom. The standard InChI is InChI=1S/C10H16N2OS/c1-8-7-9(14-12-8)10(11)3-2-5-13-6-4-10/h7H,2-6,11H2,1H3. The minimum absolute atomic E-state index is 0.192. The van der Waals surface area contributed by atoms with Crippen LogP contribution in [-0.4, -0.2) is 17.6 Å². The topological polar surface area (TPSA) is 48.1 Å². The molecular weight excluding hydrogens is 196 g/mol. The van der Waals surface area contributed by atoms with E-state index in [-0.39, 0.29) is 5.54 Å². The summed E-state index contributed by atoms with van der Waals surface area (Å²) in [7, 11) is 0. The summed E-state index contributed by atoms with van der Waals surface area (Å²) in [5, 5.41) is 0. The summed E-state index contributed by atoms with van der Waals surface area (Å²) >= 11 is 1.53. The molecule has 0 spiro atoms. The Kier molecular flexibility index (Phi) is 2.85. The van der Waals surface area contributed by atoms with Gasteiger partial charge in [-0.3, -0.25) is 0 Å². The predicted octanol–water partition coefficient (Wildman–Crippen LogP) is 1.81. The van der Waals surface area contributed by atoms with Crippen LogP contribution in [0.5, 0.6) is 0 Å². The minimum Gasteiger partial charge on any atom is -0.381 e. The average Bonchev–Trinajstić information content (AvgIpc) is 2.47. The Labute approximate surface area is 88.4 Å². The second kappa shape index (κ2) is 3.96. The van der Waals surface area contributed by atoms with Crippen molar-refractivity contribution in [3.63, 3.8) is 0 Å². The van der Waals surface area contributed by atoms with Gasteiger partial charge in [-0.1, -0.05) is 0 Å². The Morgan fingerprint density at radius 3 is 3.07 bits per heavy atom. The van der Waals surface area contributed by atoms with Gasteiger partial charge in [0, 0.05) is 18.1 Å². The van der Waals surface area contributed by atoms with Gasteiger partial charge in [0.1, 0.15) is 0 Å². The van der Waals surface area contributed by atoms with Crippen molar-refractivity contribution in [1.82, 2.24) is 4.37 Å². The average molecular weight is 212 g/mol. The fourth-order valence-corrected chi connectivity index (χ4v) is 2.72. The smallest absolute Gasteiger partial charge is 0.0542 e. The fourth-order valence-electron chi connectivity index (χ4n) is 1.82. The van der Waals surface area contributed by atoms with E-state index in [1.165, 1.54) is 16.4 Å². The molecule has 0 radical (unpaired) electrons. The number of hydrogen-bond donors (Lipinski definition) is 1. The van der Waals surface area contributed by atoms with E-state index in [1.807, 2.05) is 6.92 Å². The van der Waals surface area contributed by atoms with Gasteiger partial charge in [-0.15, -0.1) is 0 Å². The summed E-state index contributed by atoms with van der Waals surface area (Å²) in [5.74, 6) is 0. The quantitative estimate of drug-likeness (QED) is 0.772. The normalized spacial score (nSPS) is 28.7. The molecule has 2 N–H and O–H groups in total. The zero-order valence-corrected chi connectivity index (χ0v) is 9.27. The van der Waals surface area contributed by atoms with Gasteiger partial charge in [-0.25, -0.2) is 0 Å². The number of aromatic nitrogens is 1. The molecule has 0 amide bonds. The summed E-state index contributed by atoms with van der Waals surface area (Å²) in [5.41, 5.74) is 7.26. The van der Waals surface area contributed by atoms with Crippen LogP contribution in [0, 0.1) is 6.92 Å². The van der Waals surface area contributed by atoms with E-state index in [0.29, 0.717) is 0 Å². The third-order valence-corrected chi connectivity index (χ3v) is 3.82. The third-order valence-electron chi connectivity index (χ3n) is 2.72. The zero-order valence-electron chi connectivity index (χ0n) is 8.45. The van der Waals surface area contributed by atoms with Gasteiger partial charge in [0.15, 0.2) is 0 Å². The maximum atomic E-state index is 6.38. The van der Waals surface area contributed by atoms with Crippen molar-refractivity contribution in [3.05, 3.63) is 16.6 Å². The van der Waals surface area contributed by atoms with E-state index in [0.717, 1.165) is 38.2 Å². The SMILES string of the molecule is Cc1cc(C2(N)CCCOCC2)sn1. The number of nitrogens with zero attached hydrogens (tertiary/aromatic N) is 1. The van der Waals surface area contributed by atoms with Crippen LogP contribution in [0.2, 0.25) is 0 Å². The second-order valence-corrected chi connectivity index (χ2v) is 4.76. The minimum atomic E-state index is -0.192. The molecule has 2 rings (SSSR count). The van der Waals surface area contributed by atoms with Crippen LogP contribution in [0.15, 0.2) is 6.07 Å². The van der Waals surface area contributed by atoms with Crippen LogP contribution in [0.3, 0.4) is 0 Å². The molecule has 1 saturated heterocycles. The van der Waals surface area contributed by atoms with Crippen molar-refractivity contribution in [2.45, 2.75) is 31.7 Å². The van der Waals surface area contributed by atoms with Gasteiger partial charge in [0.05, 0.1) is 11.2 Å². The molecule has 0 bridgehead atoms. The van der Waals surface area contributed by atoms with Crippen LogP contribution in [0.25, 0.3) is 0 Å². The largest absolute Gasteiger partial charge is 0.381 e. The fraction of sp³-hybridized carbons (Fsp3) is 0.700. The molecule has 14 heavy (non-hydrogen) atoms. The first-order valence-corrected chi connectivity index (χ1v) is 5.78. The Hall–Kier alpha value is -0.450. The molecule has 1 aliphatic rings. The highest BCUT2D eigenvalue weighted by atomic mass is 32.1. The molecule has 0 aromatic carbocycles. The number of aryl methyl sites for hydroxylation is 1. The van der Waals surface area contributed by atoms with Crippen LogP contribution in [0.4, 0.5) is 0 Å². The van der Waals surface area contributed by atoms with Gasteiger partial charge in [0.25, 0.3) is 0 Å². The summed E-state index contributed by atoms with van der Waals surface area (Å²) < 4.78 is 9.71. The van der Waals surface area contributed by atoms with Gasteiger partial charge in [-0.2, -0.15) is 4.37 Å². The Morgan fingerprint density at radius 1 is 1.50 bits per heavy atom. The molecule has 78 valence electrons. The molecule has 2 heterocycles. The molecule has 1 fully saturated rings. The van der Waals surface area contributed by atoms with Crippen molar-refractivity contribution in [2.75, 3.05) is 13.2 Å². The highest BCUT2D eigenvalue weighted by Crippen LogP contribution is 2.32. The van der Waals surface area contributed by atoms with Crippen molar-refractivity contribution in [2.24, 2.45) is 5.73 Å². The zero-order chi connectivity index (χ0) is 10.0. The van der Waals surface area contributed by atoms with Gasteiger partial charge in [-0.05, 0) is 43.8 Å². The molecule has 1 aromatic rings. The Bertz CT molecular complexity index is 303. The molecule has 0 aliphatic carbocycles. The molecule has 0 saturated carbocycles. The molecular formula is C10H16N2OS. The van der Waals surface area contributed by atoms with Gasteiger partial charge in [0.2, 0.25) is 0 Å². The number of rotatable bonds is 1. The van der Waals surface area contributed by atoms with Crippen molar-refractivity contribution in [1.29, 1.82) is 0 Å². The second-order valence-electron chi connectivity index (χ2n) is 3.95. The van der Waals surface area contributed by atoms with Crippen LogP contribution < -0.4 is 5.73 Å². The van der Waals surface area contributed by atoms with E-state index >= 15 is 0 Å². The first-order chi connectivity index (χ1) is 6.71. The number of nitrogens with two attached hydrogens (primary N) is 1. The lowest BCUT2D eigenvalue weighted by atomic mass is 9.90. The van der Waals surface area contributed by atoms with Crippen molar-refractivity contribution >= 4 is 11.5 Å². The highest BCUT2D eigenvalue weighted by Gasteiger charge is 2.30. The Balaban J connectivity index is 2.20. The van der Waals surface area contributed by atoms with Crippen molar-refractivity contribution in [3.8, 4) is 0 Å². The summed E-state index contributed by atoms with van der Waals surface area (Å²) in [6, 6.07) is 2.11. The van der Waals surface area contributed by atoms with Crippen LogP contribution in [-0.2, 0) is 10.3 Å². The molecule has 1 aromatic heterocycles.